The molecule has 0 radical (unpaired) electrons. The van der Waals surface area contributed by atoms with E-state index in [1.807, 2.05) is 61.5 Å². The van der Waals surface area contributed by atoms with Crippen LogP contribution < -0.4 is 20.3 Å². The zero-order valence-corrected chi connectivity index (χ0v) is 14.1. The predicted molar refractivity (Wildman–Crippen MR) is 96.9 cm³/mol. The molecule has 0 unspecified atom stereocenters. The summed E-state index contributed by atoms with van der Waals surface area (Å²) in [6.07, 6.45) is 0. The van der Waals surface area contributed by atoms with Crippen LogP contribution >= 0.6 is 0 Å². The molecule has 1 N–H and O–H groups in total. The van der Waals surface area contributed by atoms with Gasteiger partial charge in [0.15, 0.2) is 17.3 Å². The summed E-state index contributed by atoms with van der Waals surface area (Å²) >= 11 is 0. The Balaban J connectivity index is 1.94. The summed E-state index contributed by atoms with van der Waals surface area (Å²) in [6, 6.07) is 18.4. The Hall–Kier alpha value is -3.28. The average Bonchev–Trinajstić information content (AvgIpc) is 2.62. The summed E-state index contributed by atoms with van der Waals surface area (Å²) in [5.74, 6) is 2.23. The fourth-order valence-electron chi connectivity index (χ4n) is 2.28. The highest BCUT2D eigenvalue weighted by Gasteiger charge is 2.12. The molecule has 0 atom stereocenters. The molecule has 0 amide bonds. The molecule has 3 rings (SSSR count). The normalized spacial score (nSPS) is 10.3. The van der Waals surface area contributed by atoms with Crippen molar-refractivity contribution in [3.63, 3.8) is 0 Å². The molecule has 3 aromatic rings. The Labute approximate surface area is 145 Å². The number of para-hydroxylation sites is 3. The van der Waals surface area contributed by atoms with E-state index in [0.717, 1.165) is 11.4 Å². The third-order valence-electron chi connectivity index (χ3n) is 3.47. The maximum atomic E-state index is 11.8. The second-order valence-corrected chi connectivity index (χ2v) is 5.29. The highest BCUT2D eigenvalue weighted by Crippen LogP contribution is 2.33. The van der Waals surface area contributed by atoms with E-state index < -0.39 is 0 Å². The molecule has 0 bridgehead atoms. The molecule has 0 saturated heterocycles. The third kappa shape index (κ3) is 3.98. The number of ether oxygens (including phenoxy) is 2. The lowest BCUT2D eigenvalue weighted by Gasteiger charge is -2.15. The van der Waals surface area contributed by atoms with E-state index in [0.29, 0.717) is 23.9 Å². The smallest absolute Gasteiger partial charge is 0.270 e. The van der Waals surface area contributed by atoms with E-state index in [-0.39, 0.29) is 5.56 Å². The van der Waals surface area contributed by atoms with Crippen molar-refractivity contribution >= 4 is 11.5 Å². The first-order chi connectivity index (χ1) is 12.2. The van der Waals surface area contributed by atoms with Gasteiger partial charge in [-0.25, -0.2) is 4.68 Å². The zero-order chi connectivity index (χ0) is 17.6. The van der Waals surface area contributed by atoms with Gasteiger partial charge in [0.1, 0.15) is 5.75 Å². The first kappa shape index (κ1) is 16.6. The number of anilines is 2. The monoisotopic (exact) mass is 337 g/mol. The van der Waals surface area contributed by atoms with Gasteiger partial charge in [0.05, 0.1) is 18.4 Å². The minimum Gasteiger partial charge on any atom is -0.490 e. The van der Waals surface area contributed by atoms with Gasteiger partial charge < -0.3 is 14.8 Å². The van der Waals surface area contributed by atoms with Crippen LogP contribution in [0.1, 0.15) is 6.92 Å². The molecule has 0 fully saturated rings. The van der Waals surface area contributed by atoms with E-state index in [9.17, 15) is 4.79 Å². The topological polar surface area (TPSA) is 65.4 Å². The number of benzene rings is 2. The molecule has 6 heteroatoms. The fraction of sp³-hybridized carbons (Fsp3) is 0.158. The van der Waals surface area contributed by atoms with Crippen LogP contribution in [0.25, 0.3) is 0 Å². The third-order valence-corrected chi connectivity index (χ3v) is 3.47. The van der Waals surface area contributed by atoms with Crippen LogP contribution in [0.3, 0.4) is 0 Å². The summed E-state index contributed by atoms with van der Waals surface area (Å²) in [4.78, 5) is 11.8. The Morgan fingerprint density at radius 3 is 2.52 bits per heavy atom. The van der Waals surface area contributed by atoms with Crippen molar-refractivity contribution < 1.29 is 9.47 Å². The van der Waals surface area contributed by atoms with Gasteiger partial charge in [-0.05, 0) is 31.2 Å². The second kappa shape index (κ2) is 7.53. The first-order valence-corrected chi connectivity index (χ1v) is 7.97. The molecule has 0 spiro atoms. The Bertz CT molecular complexity index is 907. The largest absolute Gasteiger partial charge is 0.490 e. The number of hydrogen-bond donors (Lipinski definition) is 1. The summed E-state index contributed by atoms with van der Waals surface area (Å²) in [5.41, 5.74) is 0.487. The van der Waals surface area contributed by atoms with E-state index in [1.54, 1.807) is 7.05 Å². The van der Waals surface area contributed by atoms with E-state index >= 15 is 0 Å². The number of hydrogen-bond acceptors (Lipinski definition) is 5. The quantitative estimate of drug-likeness (QED) is 0.743. The van der Waals surface area contributed by atoms with Crippen molar-refractivity contribution in [2.24, 2.45) is 7.05 Å². The van der Waals surface area contributed by atoms with Crippen LogP contribution in [0.15, 0.2) is 65.5 Å². The second-order valence-electron chi connectivity index (χ2n) is 5.29. The van der Waals surface area contributed by atoms with E-state index in [2.05, 4.69) is 10.4 Å². The van der Waals surface area contributed by atoms with Crippen molar-refractivity contribution in [2.75, 3.05) is 11.9 Å². The first-order valence-electron chi connectivity index (χ1n) is 7.97. The average molecular weight is 337 g/mol. The molecule has 2 aromatic carbocycles. The number of rotatable bonds is 6. The lowest BCUT2D eigenvalue weighted by molar-refractivity contribution is 0.338. The van der Waals surface area contributed by atoms with Gasteiger partial charge in [-0.15, -0.1) is 5.10 Å². The summed E-state index contributed by atoms with van der Waals surface area (Å²) in [5, 5.41) is 7.44. The molecule has 128 valence electrons. The van der Waals surface area contributed by atoms with Gasteiger partial charge in [0.2, 0.25) is 0 Å². The zero-order valence-electron chi connectivity index (χ0n) is 14.1. The Morgan fingerprint density at radius 1 is 1.04 bits per heavy atom. The number of nitrogens with one attached hydrogen (secondary N) is 1. The number of aromatic nitrogens is 2. The maximum Gasteiger partial charge on any atom is 0.270 e. The summed E-state index contributed by atoms with van der Waals surface area (Å²) < 4.78 is 12.7. The standard InChI is InChI=1S/C19H19N3O3/c1-3-24-17-13-18(23)22(2)21-19(17)20-15-11-7-8-12-16(15)25-14-9-5-4-6-10-14/h4-13H,3H2,1-2H3,(H,20,21). The lowest BCUT2D eigenvalue weighted by atomic mass is 10.2. The SMILES string of the molecule is CCOc1cc(=O)n(C)nc1Nc1ccccc1Oc1ccccc1. The predicted octanol–water partition coefficient (Wildman–Crippen LogP) is 3.71. The van der Waals surface area contributed by atoms with Gasteiger partial charge in [-0.1, -0.05) is 30.3 Å². The Kier molecular flexibility index (Phi) is 4.99. The fourth-order valence-corrected chi connectivity index (χ4v) is 2.28. The number of nitrogens with zero attached hydrogens (tertiary/aromatic N) is 2. The van der Waals surface area contributed by atoms with Crippen molar-refractivity contribution in [2.45, 2.75) is 6.92 Å². The molecular formula is C19H19N3O3. The molecule has 0 aliphatic carbocycles. The molecule has 1 aromatic heterocycles. The van der Waals surface area contributed by atoms with Crippen molar-refractivity contribution in [1.29, 1.82) is 0 Å². The molecule has 25 heavy (non-hydrogen) atoms. The summed E-state index contributed by atoms with van der Waals surface area (Å²) in [7, 11) is 1.59. The molecule has 0 saturated carbocycles. The van der Waals surface area contributed by atoms with Crippen molar-refractivity contribution in [1.82, 2.24) is 9.78 Å². The van der Waals surface area contributed by atoms with Crippen molar-refractivity contribution in [3.05, 3.63) is 71.0 Å². The molecular weight excluding hydrogens is 318 g/mol. The van der Waals surface area contributed by atoms with Crippen LogP contribution in [0.5, 0.6) is 17.2 Å². The van der Waals surface area contributed by atoms with Crippen LogP contribution in [0.4, 0.5) is 11.5 Å². The summed E-state index contributed by atoms with van der Waals surface area (Å²) in [6.45, 7) is 2.29. The minimum absolute atomic E-state index is 0.233. The van der Waals surface area contributed by atoms with E-state index in [1.165, 1.54) is 10.7 Å². The lowest BCUT2D eigenvalue weighted by Crippen LogP contribution is -2.20. The van der Waals surface area contributed by atoms with Gasteiger partial charge in [0.25, 0.3) is 5.56 Å². The van der Waals surface area contributed by atoms with Gasteiger partial charge in [-0.3, -0.25) is 4.79 Å². The van der Waals surface area contributed by atoms with E-state index in [4.69, 9.17) is 9.47 Å². The van der Waals surface area contributed by atoms with Crippen LogP contribution in [-0.2, 0) is 7.05 Å². The molecule has 6 nitrogen and oxygen atoms in total. The highest BCUT2D eigenvalue weighted by atomic mass is 16.5. The highest BCUT2D eigenvalue weighted by molar-refractivity contribution is 5.67. The van der Waals surface area contributed by atoms with Crippen LogP contribution in [-0.4, -0.2) is 16.4 Å². The maximum absolute atomic E-state index is 11.8. The Morgan fingerprint density at radius 2 is 1.76 bits per heavy atom. The van der Waals surface area contributed by atoms with Gasteiger partial charge in [-0.2, -0.15) is 0 Å². The van der Waals surface area contributed by atoms with Crippen LogP contribution in [0.2, 0.25) is 0 Å². The molecule has 0 aliphatic rings. The molecule has 1 heterocycles. The minimum atomic E-state index is -0.233. The molecule has 0 aliphatic heterocycles. The van der Waals surface area contributed by atoms with Crippen LogP contribution in [0, 0.1) is 0 Å². The van der Waals surface area contributed by atoms with Crippen molar-refractivity contribution in [3.8, 4) is 17.2 Å². The van der Waals surface area contributed by atoms with Gasteiger partial charge in [0, 0.05) is 7.05 Å². The number of aryl methyl sites for hydroxylation is 1. The van der Waals surface area contributed by atoms with Gasteiger partial charge >= 0.3 is 0 Å².